The molecule has 0 aromatic rings. The van der Waals surface area contributed by atoms with E-state index in [4.69, 9.17) is 4.74 Å². The summed E-state index contributed by atoms with van der Waals surface area (Å²) in [5.41, 5.74) is 0. The predicted octanol–water partition coefficient (Wildman–Crippen LogP) is 2.00. The lowest BCUT2D eigenvalue weighted by Gasteiger charge is -2.20. The number of aliphatic imine (C=N–C) groups is 1. The summed E-state index contributed by atoms with van der Waals surface area (Å²) in [4.78, 5) is 9.67. The van der Waals surface area contributed by atoms with Gasteiger partial charge in [0.1, 0.15) is 0 Å². The minimum absolute atomic E-state index is 0. The number of nitrogens with zero attached hydrogens (tertiary/aromatic N) is 3. The highest BCUT2D eigenvalue weighted by atomic mass is 127. The zero-order valence-corrected chi connectivity index (χ0v) is 19.2. The first-order valence-electron chi connectivity index (χ1n) is 10.3. The quantitative estimate of drug-likeness (QED) is 0.205. The van der Waals surface area contributed by atoms with E-state index < -0.39 is 0 Å². The van der Waals surface area contributed by atoms with Crippen LogP contribution in [0.15, 0.2) is 4.99 Å². The van der Waals surface area contributed by atoms with Gasteiger partial charge in [-0.25, -0.2) is 0 Å². The van der Waals surface area contributed by atoms with Gasteiger partial charge >= 0.3 is 0 Å². The van der Waals surface area contributed by atoms with Gasteiger partial charge in [-0.05, 0) is 71.6 Å². The predicted molar refractivity (Wildman–Crippen MR) is 121 cm³/mol. The molecule has 1 heterocycles. The van der Waals surface area contributed by atoms with Gasteiger partial charge in [-0.3, -0.25) is 4.99 Å². The lowest BCUT2D eigenvalue weighted by Crippen LogP contribution is -2.39. The summed E-state index contributed by atoms with van der Waals surface area (Å²) >= 11 is 0. The third kappa shape index (κ3) is 11.6. The molecular formula is C19H40IN5O. The van der Waals surface area contributed by atoms with Crippen molar-refractivity contribution in [3.05, 3.63) is 0 Å². The topological polar surface area (TPSA) is 52.1 Å². The normalized spacial score (nSPS) is 19.7. The molecule has 1 saturated heterocycles. The first kappa shape index (κ1) is 23.9. The highest BCUT2D eigenvalue weighted by Gasteiger charge is 2.20. The molecule has 2 N–H and O–H groups in total. The van der Waals surface area contributed by atoms with Crippen LogP contribution < -0.4 is 10.6 Å². The molecule has 0 unspecified atom stereocenters. The second-order valence-corrected chi connectivity index (χ2v) is 7.41. The van der Waals surface area contributed by atoms with Crippen molar-refractivity contribution in [2.24, 2.45) is 10.9 Å². The molecule has 1 aliphatic heterocycles. The van der Waals surface area contributed by atoms with E-state index in [0.717, 1.165) is 51.1 Å². The van der Waals surface area contributed by atoms with Crippen LogP contribution in [0.5, 0.6) is 0 Å². The van der Waals surface area contributed by atoms with Crippen molar-refractivity contribution in [3.63, 3.8) is 0 Å². The smallest absolute Gasteiger partial charge is 0.191 e. The second kappa shape index (κ2) is 14.9. The maximum absolute atomic E-state index is 5.66. The monoisotopic (exact) mass is 481 g/mol. The van der Waals surface area contributed by atoms with Gasteiger partial charge in [0.2, 0.25) is 0 Å². The Morgan fingerprint density at radius 1 is 1.12 bits per heavy atom. The first-order chi connectivity index (χ1) is 12.3. The summed E-state index contributed by atoms with van der Waals surface area (Å²) in [6, 6.07) is 0. The molecular weight excluding hydrogens is 441 g/mol. The summed E-state index contributed by atoms with van der Waals surface area (Å²) in [6.07, 6.45) is 6.18. The zero-order valence-electron chi connectivity index (χ0n) is 16.8. The fourth-order valence-electron chi connectivity index (χ4n) is 3.07. The van der Waals surface area contributed by atoms with E-state index in [1.54, 1.807) is 0 Å². The van der Waals surface area contributed by atoms with Gasteiger partial charge in [0.25, 0.3) is 0 Å². The van der Waals surface area contributed by atoms with E-state index in [9.17, 15) is 0 Å². The van der Waals surface area contributed by atoms with Gasteiger partial charge in [-0.2, -0.15) is 0 Å². The maximum Gasteiger partial charge on any atom is 0.191 e. The Balaban J connectivity index is 0.00000338. The molecule has 1 aliphatic carbocycles. The molecule has 2 rings (SSSR count). The van der Waals surface area contributed by atoms with E-state index in [1.165, 1.54) is 58.4 Å². The Morgan fingerprint density at radius 3 is 2.73 bits per heavy atom. The number of hydrogen-bond donors (Lipinski definition) is 2. The Morgan fingerprint density at radius 2 is 1.96 bits per heavy atom. The van der Waals surface area contributed by atoms with Crippen molar-refractivity contribution < 1.29 is 4.74 Å². The Hall–Kier alpha value is -0.120. The molecule has 2 fully saturated rings. The van der Waals surface area contributed by atoms with Gasteiger partial charge in [-0.1, -0.05) is 0 Å². The SMILES string of the molecule is CCNC(=NCCCOCC1CC1)NCCCN1CCCN(C)CC1.I. The van der Waals surface area contributed by atoms with E-state index in [1.807, 2.05) is 0 Å². The molecule has 6 nitrogen and oxygen atoms in total. The van der Waals surface area contributed by atoms with Crippen LogP contribution in [0.3, 0.4) is 0 Å². The van der Waals surface area contributed by atoms with Gasteiger partial charge in [-0.15, -0.1) is 24.0 Å². The Bertz CT molecular complexity index is 379. The maximum atomic E-state index is 5.66. The van der Waals surface area contributed by atoms with Gasteiger partial charge in [0.15, 0.2) is 5.96 Å². The van der Waals surface area contributed by atoms with Crippen LogP contribution in [0.1, 0.15) is 39.0 Å². The standard InChI is InChI=1S/C19H39N5O.HI/c1-3-20-19(22-10-5-16-25-17-18-7-8-18)21-9-4-12-24-13-6-11-23(2)14-15-24;/h18H,3-17H2,1-2H3,(H2,20,21,22);1H. The van der Waals surface area contributed by atoms with Crippen molar-refractivity contribution in [2.45, 2.75) is 39.0 Å². The molecule has 2 aliphatic rings. The van der Waals surface area contributed by atoms with Gasteiger partial charge in [0, 0.05) is 45.9 Å². The summed E-state index contributed by atoms with van der Waals surface area (Å²) < 4.78 is 5.66. The molecule has 0 aromatic carbocycles. The third-order valence-electron chi connectivity index (χ3n) is 4.87. The van der Waals surface area contributed by atoms with Crippen LogP contribution in [0.25, 0.3) is 0 Å². The Labute approximate surface area is 177 Å². The van der Waals surface area contributed by atoms with Crippen LogP contribution in [0.4, 0.5) is 0 Å². The molecule has 0 spiro atoms. The van der Waals surface area contributed by atoms with Crippen LogP contribution in [0.2, 0.25) is 0 Å². The highest BCUT2D eigenvalue weighted by Crippen LogP contribution is 2.28. The molecule has 26 heavy (non-hydrogen) atoms. The molecule has 0 atom stereocenters. The minimum Gasteiger partial charge on any atom is -0.381 e. The van der Waals surface area contributed by atoms with Gasteiger partial charge < -0.3 is 25.2 Å². The number of likely N-dealkylation sites (N-methyl/N-ethyl adjacent to an activating group) is 1. The van der Waals surface area contributed by atoms with E-state index in [0.29, 0.717) is 0 Å². The number of hydrogen-bond acceptors (Lipinski definition) is 4. The second-order valence-electron chi connectivity index (χ2n) is 7.41. The fraction of sp³-hybridized carbons (Fsp3) is 0.947. The van der Waals surface area contributed by atoms with Crippen molar-refractivity contribution >= 4 is 29.9 Å². The van der Waals surface area contributed by atoms with Crippen molar-refractivity contribution in [3.8, 4) is 0 Å². The van der Waals surface area contributed by atoms with E-state index >= 15 is 0 Å². The average Bonchev–Trinajstić information content (AvgIpc) is 3.43. The largest absolute Gasteiger partial charge is 0.381 e. The zero-order chi connectivity index (χ0) is 17.7. The van der Waals surface area contributed by atoms with Crippen molar-refractivity contribution in [1.29, 1.82) is 0 Å². The first-order valence-corrected chi connectivity index (χ1v) is 10.3. The molecule has 0 radical (unpaired) electrons. The number of halogens is 1. The lowest BCUT2D eigenvalue weighted by atomic mass is 10.3. The van der Waals surface area contributed by atoms with Crippen LogP contribution in [-0.2, 0) is 4.74 Å². The van der Waals surface area contributed by atoms with Gasteiger partial charge in [0.05, 0.1) is 0 Å². The van der Waals surface area contributed by atoms with Crippen LogP contribution in [0, 0.1) is 5.92 Å². The number of ether oxygens (including phenoxy) is 1. The molecule has 154 valence electrons. The lowest BCUT2D eigenvalue weighted by molar-refractivity contribution is 0.123. The molecule has 7 heteroatoms. The average molecular weight is 481 g/mol. The van der Waals surface area contributed by atoms with Crippen molar-refractivity contribution in [1.82, 2.24) is 20.4 Å². The summed E-state index contributed by atoms with van der Waals surface area (Å²) in [5.74, 6) is 1.80. The highest BCUT2D eigenvalue weighted by molar-refractivity contribution is 14.0. The molecule has 0 aromatic heterocycles. The number of rotatable bonds is 11. The summed E-state index contributed by atoms with van der Waals surface area (Å²) in [6.45, 7) is 12.7. The summed E-state index contributed by atoms with van der Waals surface area (Å²) in [7, 11) is 2.22. The van der Waals surface area contributed by atoms with Crippen molar-refractivity contribution in [2.75, 3.05) is 72.6 Å². The molecule has 0 amide bonds. The van der Waals surface area contributed by atoms with Crippen LogP contribution >= 0.6 is 24.0 Å². The number of guanidine groups is 1. The number of nitrogens with one attached hydrogen (secondary N) is 2. The van der Waals surface area contributed by atoms with E-state index in [-0.39, 0.29) is 24.0 Å². The van der Waals surface area contributed by atoms with E-state index in [2.05, 4.69) is 39.4 Å². The third-order valence-corrected chi connectivity index (χ3v) is 4.87. The molecule has 1 saturated carbocycles. The minimum atomic E-state index is 0. The van der Waals surface area contributed by atoms with Crippen LogP contribution in [-0.4, -0.2) is 88.4 Å². The Kier molecular flexibility index (Phi) is 13.7. The fourth-order valence-corrected chi connectivity index (χ4v) is 3.07. The summed E-state index contributed by atoms with van der Waals surface area (Å²) in [5, 5.41) is 6.80. The molecule has 0 bridgehead atoms.